The van der Waals surface area contributed by atoms with Crippen molar-refractivity contribution in [1.29, 1.82) is 0 Å². The van der Waals surface area contributed by atoms with Gasteiger partial charge in [0.15, 0.2) is 0 Å². The minimum atomic E-state index is -0.745. The highest BCUT2D eigenvalue weighted by Gasteiger charge is 1.80. The lowest BCUT2D eigenvalue weighted by molar-refractivity contribution is -0.136. The second-order valence-electron chi connectivity index (χ2n) is 1.90. The van der Waals surface area contributed by atoms with Crippen molar-refractivity contribution >= 4 is 17.6 Å². The second-order valence-corrected chi connectivity index (χ2v) is 2.29. The molecular weight excluding hydrogens is 178 g/mol. The van der Waals surface area contributed by atoms with Crippen LogP contribution in [-0.2, 0) is 4.79 Å². The van der Waals surface area contributed by atoms with Gasteiger partial charge in [-0.3, -0.25) is 4.79 Å². The molecule has 1 aromatic rings. The fourth-order valence-electron chi connectivity index (χ4n) is 0.342. The molecule has 0 unspecified atom stereocenters. The molecule has 0 aromatic carbocycles. The van der Waals surface area contributed by atoms with Gasteiger partial charge in [-0.2, -0.15) is 0 Å². The Morgan fingerprint density at radius 1 is 1.67 bits per heavy atom. The van der Waals surface area contributed by atoms with Crippen molar-refractivity contribution in [3.05, 3.63) is 29.5 Å². The van der Waals surface area contributed by atoms with Gasteiger partial charge in [0.1, 0.15) is 5.15 Å². The van der Waals surface area contributed by atoms with Crippen molar-refractivity contribution in [2.45, 2.75) is 13.3 Å². The maximum absolute atomic E-state index is 9.37. The monoisotopic (exact) mass is 187 g/mol. The zero-order chi connectivity index (χ0) is 9.40. The minimum absolute atomic E-state index is 0.222. The molecule has 0 saturated heterocycles. The van der Waals surface area contributed by atoms with Gasteiger partial charge in [-0.15, -0.1) is 0 Å². The van der Waals surface area contributed by atoms with Crippen LogP contribution in [0.5, 0.6) is 0 Å². The average molecular weight is 188 g/mol. The van der Waals surface area contributed by atoms with E-state index in [2.05, 4.69) is 4.98 Å². The van der Waals surface area contributed by atoms with Crippen LogP contribution in [0.1, 0.15) is 13.3 Å². The Morgan fingerprint density at radius 2 is 2.25 bits per heavy atom. The molecule has 0 saturated carbocycles. The molecule has 1 heterocycles. The Hall–Kier alpha value is -1.09. The van der Waals surface area contributed by atoms with E-state index in [4.69, 9.17) is 16.7 Å². The Morgan fingerprint density at radius 3 is 2.42 bits per heavy atom. The Balaban J connectivity index is 0.000000217. The molecule has 0 aliphatic heterocycles. The van der Waals surface area contributed by atoms with Crippen LogP contribution < -0.4 is 0 Å². The molecule has 4 heteroatoms. The van der Waals surface area contributed by atoms with Gasteiger partial charge in [0, 0.05) is 12.6 Å². The predicted octanol–water partition coefficient (Wildman–Crippen LogP) is 2.22. The quantitative estimate of drug-likeness (QED) is 0.686. The fraction of sp³-hybridized carbons (Fsp3) is 0.250. The van der Waals surface area contributed by atoms with E-state index >= 15 is 0 Å². The summed E-state index contributed by atoms with van der Waals surface area (Å²) in [5.74, 6) is -0.745. The van der Waals surface area contributed by atoms with Crippen LogP contribution in [0.25, 0.3) is 0 Å². The molecule has 12 heavy (non-hydrogen) atoms. The molecule has 1 aromatic heterocycles. The zero-order valence-electron chi connectivity index (χ0n) is 6.70. The van der Waals surface area contributed by atoms with E-state index in [1.807, 2.05) is 12.1 Å². The third kappa shape index (κ3) is 7.02. The highest BCUT2D eigenvalue weighted by atomic mass is 35.5. The third-order valence-electron chi connectivity index (χ3n) is 0.931. The van der Waals surface area contributed by atoms with Crippen molar-refractivity contribution in [3.8, 4) is 0 Å². The van der Waals surface area contributed by atoms with E-state index in [0.29, 0.717) is 5.15 Å². The molecule has 0 aliphatic rings. The maximum atomic E-state index is 9.37. The van der Waals surface area contributed by atoms with Crippen LogP contribution in [0.15, 0.2) is 24.4 Å². The number of carboxylic acids is 1. The molecule has 0 spiro atoms. The summed E-state index contributed by atoms with van der Waals surface area (Å²) in [7, 11) is 0. The molecule has 1 N–H and O–H groups in total. The lowest BCUT2D eigenvalue weighted by atomic mass is 10.5. The number of aromatic nitrogens is 1. The number of pyridine rings is 1. The summed E-state index contributed by atoms with van der Waals surface area (Å²) in [5, 5.41) is 8.27. The van der Waals surface area contributed by atoms with E-state index < -0.39 is 5.97 Å². The van der Waals surface area contributed by atoms with Crippen molar-refractivity contribution in [2.24, 2.45) is 0 Å². The Kier molecular flexibility index (Phi) is 6.01. The molecular formula is C8H10ClNO2. The number of nitrogens with zero attached hydrogens (tertiary/aromatic N) is 1. The molecule has 0 atom stereocenters. The number of hydrogen-bond donors (Lipinski definition) is 1. The van der Waals surface area contributed by atoms with Gasteiger partial charge in [-0.1, -0.05) is 24.6 Å². The topological polar surface area (TPSA) is 50.2 Å². The van der Waals surface area contributed by atoms with Gasteiger partial charge in [0.05, 0.1) is 0 Å². The van der Waals surface area contributed by atoms with Crippen LogP contribution >= 0.6 is 11.6 Å². The minimum Gasteiger partial charge on any atom is -0.481 e. The highest BCUT2D eigenvalue weighted by Crippen LogP contribution is 1.98. The van der Waals surface area contributed by atoms with Crippen LogP contribution in [0, 0.1) is 0 Å². The summed E-state index contributed by atoms with van der Waals surface area (Å²) in [6, 6.07) is 5.41. The molecule has 0 radical (unpaired) electrons. The highest BCUT2D eigenvalue weighted by molar-refractivity contribution is 6.29. The molecule has 0 amide bonds. The number of rotatable bonds is 1. The first kappa shape index (κ1) is 10.9. The van der Waals surface area contributed by atoms with Crippen molar-refractivity contribution in [3.63, 3.8) is 0 Å². The smallest absolute Gasteiger partial charge is 0.303 e. The lowest BCUT2D eigenvalue weighted by Crippen LogP contribution is -1.86. The van der Waals surface area contributed by atoms with Crippen LogP contribution in [0.4, 0.5) is 0 Å². The standard InChI is InChI=1S/C5H4ClN.C3H6O2/c6-5-3-1-2-4-7-5;1-2-3(4)5/h1-4H;2H2,1H3,(H,4,5). The largest absolute Gasteiger partial charge is 0.481 e. The first-order valence-corrected chi connectivity index (χ1v) is 3.83. The normalized spacial score (nSPS) is 8.17. The fourth-order valence-corrected chi connectivity index (χ4v) is 0.471. The summed E-state index contributed by atoms with van der Waals surface area (Å²) in [6.07, 6.45) is 1.88. The SMILES string of the molecule is CCC(=O)O.Clc1ccccn1. The van der Waals surface area contributed by atoms with E-state index in [9.17, 15) is 4.79 Å². The second kappa shape index (κ2) is 6.61. The molecule has 0 aliphatic carbocycles. The van der Waals surface area contributed by atoms with Gasteiger partial charge in [0.2, 0.25) is 0 Å². The van der Waals surface area contributed by atoms with Crippen molar-refractivity contribution < 1.29 is 9.90 Å². The van der Waals surface area contributed by atoms with Gasteiger partial charge >= 0.3 is 5.97 Å². The van der Waals surface area contributed by atoms with E-state index in [0.717, 1.165) is 0 Å². The third-order valence-corrected chi connectivity index (χ3v) is 1.15. The molecule has 3 nitrogen and oxygen atoms in total. The summed E-state index contributed by atoms with van der Waals surface area (Å²) in [6.45, 7) is 1.60. The first-order chi connectivity index (χ1) is 5.66. The van der Waals surface area contributed by atoms with Gasteiger partial charge in [-0.25, -0.2) is 4.98 Å². The number of carboxylic acid groups (broad SMARTS) is 1. The Labute approximate surface area is 76.0 Å². The van der Waals surface area contributed by atoms with Gasteiger partial charge < -0.3 is 5.11 Å². The van der Waals surface area contributed by atoms with Crippen LogP contribution in [-0.4, -0.2) is 16.1 Å². The predicted molar refractivity (Wildman–Crippen MR) is 47.2 cm³/mol. The zero-order valence-corrected chi connectivity index (χ0v) is 7.45. The van der Waals surface area contributed by atoms with Crippen molar-refractivity contribution in [2.75, 3.05) is 0 Å². The number of carbonyl (C=O) groups is 1. The van der Waals surface area contributed by atoms with Gasteiger partial charge in [-0.05, 0) is 12.1 Å². The summed E-state index contributed by atoms with van der Waals surface area (Å²) in [4.78, 5) is 13.1. The number of aliphatic carboxylic acids is 1. The Bertz CT molecular complexity index is 226. The molecule has 0 bridgehead atoms. The van der Waals surface area contributed by atoms with E-state index in [1.54, 1.807) is 19.2 Å². The summed E-state index contributed by atoms with van der Waals surface area (Å²) >= 11 is 5.43. The maximum Gasteiger partial charge on any atom is 0.303 e. The van der Waals surface area contributed by atoms with Crippen molar-refractivity contribution in [1.82, 2.24) is 4.98 Å². The average Bonchev–Trinajstić information content (AvgIpc) is 2.07. The molecule has 0 fully saturated rings. The van der Waals surface area contributed by atoms with E-state index in [-0.39, 0.29) is 6.42 Å². The molecule has 1 rings (SSSR count). The lowest BCUT2D eigenvalue weighted by Gasteiger charge is -1.79. The van der Waals surface area contributed by atoms with Gasteiger partial charge in [0.25, 0.3) is 0 Å². The number of halogens is 1. The van der Waals surface area contributed by atoms with Crippen LogP contribution in [0.3, 0.4) is 0 Å². The molecule has 66 valence electrons. The number of hydrogen-bond acceptors (Lipinski definition) is 2. The van der Waals surface area contributed by atoms with Crippen LogP contribution in [0.2, 0.25) is 5.15 Å². The summed E-state index contributed by atoms with van der Waals surface area (Å²) < 4.78 is 0. The summed E-state index contributed by atoms with van der Waals surface area (Å²) in [5.41, 5.74) is 0. The first-order valence-electron chi connectivity index (χ1n) is 3.45. The van der Waals surface area contributed by atoms with E-state index in [1.165, 1.54) is 0 Å².